The van der Waals surface area contributed by atoms with Crippen LogP contribution in [0.3, 0.4) is 0 Å². The van der Waals surface area contributed by atoms with Crippen molar-refractivity contribution in [2.75, 3.05) is 24.7 Å². The Bertz CT molecular complexity index is 767. The van der Waals surface area contributed by atoms with Gasteiger partial charge in [-0.25, -0.2) is 4.79 Å². The lowest BCUT2D eigenvalue weighted by atomic mass is 9.98. The van der Waals surface area contributed by atoms with Crippen LogP contribution in [-0.2, 0) is 16.1 Å². The molecule has 6 heteroatoms. The number of anilines is 1. The number of nitrogens with one attached hydrogen (secondary N) is 1. The first kappa shape index (κ1) is 19.7. The fourth-order valence-corrected chi connectivity index (χ4v) is 3.37. The van der Waals surface area contributed by atoms with Crippen LogP contribution in [0.5, 0.6) is 0 Å². The highest BCUT2D eigenvalue weighted by molar-refractivity contribution is 5.81. The van der Waals surface area contributed by atoms with Gasteiger partial charge in [-0.15, -0.1) is 0 Å². The zero-order valence-electron chi connectivity index (χ0n) is 16.2. The number of carbonyl (C=O) groups excluding carboxylic acids is 2. The zero-order valence-corrected chi connectivity index (χ0v) is 16.2. The molecule has 1 saturated heterocycles. The summed E-state index contributed by atoms with van der Waals surface area (Å²) < 4.78 is 5.08. The summed E-state index contributed by atoms with van der Waals surface area (Å²) in [7, 11) is 0. The number of hydrogen-bond donors (Lipinski definition) is 1. The van der Waals surface area contributed by atoms with Gasteiger partial charge in [-0.05, 0) is 37.5 Å². The van der Waals surface area contributed by atoms with Gasteiger partial charge in [0.15, 0.2) is 0 Å². The molecule has 3 rings (SSSR count). The lowest BCUT2D eigenvalue weighted by Crippen LogP contribution is -2.50. The lowest BCUT2D eigenvalue weighted by molar-refractivity contribution is -0.126. The average Bonchev–Trinajstić information content (AvgIpc) is 2.75. The van der Waals surface area contributed by atoms with Crippen molar-refractivity contribution in [3.63, 3.8) is 0 Å². The number of benzene rings is 2. The molecule has 0 aromatic heterocycles. The summed E-state index contributed by atoms with van der Waals surface area (Å²) in [5, 5.41) is 1.86. The smallest absolute Gasteiger partial charge is 0.409 e. The Morgan fingerprint density at radius 3 is 2.46 bits per heavy atom. The second kappa shape index (κ2) is 9.78. The summed E-state index contributed by atoms with van der Waals surface area (Å²) in [6.07, 6.45) is 1.21. The molecule has 1 heterocycles. The van der Waals surface area contributed by atoms with E-state index >= 15 is 0 Å². The van der Waals surface area contributed by atoms with Gasteiger partial charge in [-0.2, -0.15) is 0 Å². The third-order valence-electron chi connectivity index (χ3n) is 4.81. The second-order valence-electron chi connectivity index (χ2n) is 6.87. The maximum Gasteiger partial charge on any atom is 0.409 e. The Morgan fingerprint density at radius 2 is 1.79 bits per heavy atom. The number of para-hydroxylation sites is 1. The highest BCUT2D eigenvalue weighted by atomic mass is 16.6. The predicted octanol–water partition coefficient (Wildman–Crippen LogP) is 3.59. The van der Waals surface area contributed by atoms with Gasteiger partial charge in [0.25, 0.3) is 0 Å². The average molecular weight is 381 g/mol. The van der Waals surface area contributed by atoms with E-state index in [1.54, 1.807) is 11.8 Å². The van der Waals surface area contributed by atoms with Gasteiger partial charge >= 0.3 is 6.09 Å². The highest BCUT2D eigenvalue weighted by Crippen LogP contribution is 2.20. The SMILES string of the molecule is CCOC(=O)N1CCCC(C(=O)NN(Cc2ccccc2)c2ccccc2)C1. The first-order chi connectivity index (χ1) is 13.7. The standard InChI is InChI=1S/C22H27N3O3/c1-2-28-22(27)24-15-9-12-19(17-24)21(26)23-25(20-13-7-4-8-14-20)16-18-10-5-3-6-11-18/h3-8,10-11,13-14,19H,2,9,12,15-17H2,1H3,(H,23,26). The molecule has 0 radical (unpaired) electrons. The molecule has 1 unspecified atom stereocenters. The van der Waals surface area contributed by atoms with Gasteiger partial charge < -0.3 is 9.64 Å². The molecular formula is C22H27N3O3. The van der Waals surface area contributed by atoms with E-state index in [0.717, 1.165) is 24.1 Å². The molecule has 0 spiro atoms. The summed E-state index contributed by atoms with van der Waals surface area (Å²) in [4.78, 5) is 26.6. The molecule has 6 nitrogen and oxygen atoms in total. The van der Waals surface area contributed by atoms with Crippen molar-refractivity contribution in [2.24, 2.45) is 5.92 Å². The normalized spacial score (nSPS) is 16.3. The first-order valence-electron chi connectivity index (χ1n) is 9.76. The van der Waals surface area contributed by atoms with Crippen molar-refractivity contribution in [2.45, 2.75) is 26.3 Å². The van der Waals surface area contributed by atoms with E-state index in [1.807, 2.05) is 65.7 Å². The van der Waals surface area contributed by atoms with Crippen LogP contribution in [0.25, 0.3) is 0 Å². The van der Waals surface area contributed by atoms with E-state index < -0.39 is 0 Å². The second-order valence-corrected chi connectivity index (χ2v) is 6.87. The van der Waals surface area contributed by atoms with Crippen molar-refractivity contribution in [3.05, 3.63) is 66.2 Å². The molecule has 1 atom stereocenters. The summed E-state index contributed by atoms with van der Waals surface area (Å²) >= 11 is 0. The Balaban J connectivity index is 1.69. The number of carbonyl (C=O) groups is 2. The number of hydrazine groups is 1. The van der Waals surface area contributed by atoms with Crippen molar-refractivity contribution in [1.82, 2.24) is 10.3 Å². The number of amides is 2. The zero-order chi connectivity index (χ0) is 19.8. The van der Waals surface area contributed by atoms with Crippen molar-refractivity contribution >= 4 is 17.7 Å². The van der Waals surface area contributed by atoms with Crippen LogP contribution in [0.4, 0.5) is 10.5 Å². The minimum atomic E-state index is -0.343. The molecule has 1 aliphatic heterocycles. The molecule has 2 amide bonds. The number of nitrogens with zero attached hydrogens (tertiary/aromatic N) is 2. The number of rotatable bonds is 6. The van der Waals surface area contributed by atoms with E-state index in [4.69, 9.17) is 4.74 Å². The monoisotopic (exact) mass is 381 g/mol. The molecule has 1 aliphatic rings. The molecule has 1 N–H and O–H groups in total. The summed E-state index contributed by atoms with van der Waals surface area (Å²) in [5.74, 6) is -0.325. The maximum atomic E-state index is 13.0. The van der Waals surface area contributed by atoms with Gasteiger partial charge in [0.1, 0.15) is 0 Å². The van der Waals surface area contributed by atoms with Gasteiger partial charge in [-0.1, -0.05) is 48.5 Å². The van der Waals surface area contributed by atoms with Crippen molar-refractivity contribution in [1.29, 1.82) is 0 Å². The molecule has 2 aromatic carbocycles. The Hall–Kier alpha value is -3.02. The van der Waals surface area contributed by atoms with E-state index in [0.29, 0.717) is 26.2 Å². The Labute approximate surface area is 166 Å². The third-order valence-corrected chi connectivity index (χ3v) is 4.81. The van der Waals surface area contributed by atoms with Gasteiger partial charge in [-0.3, -0.25) is 15.2 Å². The molecule has 0 saturated carbocycles. The molecule has 0 aliphatic carbocycles. The van der Waals surface area contributed by atoms with Gasteiger partial charge in [0.05, 0.1) is 24.8 Å². The van der Waals surface area contributed by atoms with E-state index in [2.05, 4.69) is 5.43 Å². The fraction of sp³-hybridized carbons (Fsp3) is 0.364. The van der Waals surface area contributed by atoms with Crippen LogP contribution in [0.1, 0.15) is 25.3 Å². The molecular weight excluding hydrogens is 354 g/mol. The van der Waals surface area contributed by atoms with Crippen LogP contribution < -0.4 is 10.4 Å². The van der Waals surface area contributed by atoms with Gasteiger partial charge in [0.2, 0.25) is 5.91 Å². The van der Waals surface area contributed by atoms with E-state index in [1.165, 1.54) is 0 Å². The summed E-state index contributed by atoms with van der Waals surface area (Å²) in [6.45, 7) is 3.71. The minimum absolute atomic E-state index is 0.0752. The van der Waals surface area contributed by atoms with Crippen LogP contribution in [0.2, 0.25) is 0 Å². The van der Waals surface area contributed by atoms with Crippen LogP contribution in [-0.4, -0.2) is 36.6 Å². The van der Waals surface area contributed by atoms with Gasteiger partial charge in [0, 0.05) is 13.1 Å². The number of likely N-dealkylation sites (tertiary alicyclic amines) is 1. The summed E-state index contributed by atoms with van der Waals surface area (Å²) in [6, 6.07) is 19.8. The lowest BCUT2D eigenvalue weighted by Gasteiger charge is -2.33. The van der Waals surface area contributed by atoms with E-state index in [-0.39, 0.29) is 17.9 Å². The molecule has 148 valence electrons. The van der Waals surface area contributed by atoms with Crippen LogP contribution in [0, 0.1) is 5.92 Å². The van der Waals surface area contributed by atoms with Crippen LogP contribution in [0.15, 0.2) is 60.7 Å². The summed E-state index contributed by atoms with van der Waals surface area (Å²) in [5.41, 5.74) is 5.07. The number of hydrogen-bond acceptors (Lipinski definition) is 4. The Kier molecular flexibility index (Phi) is 6.89. The largest absolute Gasteiger partial charge is 0.450 e. The molecule has 1 fully saturated rings. The Morgan fingerprint density at radius 1 is 1.11 bits per heavy atom. The van der Waals surface area contributed by atoms with Crippen LogP contribution >= 0.6 is 0 Å². The molecule has 28 heavy (non-hydrogen) atoms. The van der Waals surface area contributed by atoms with Crippen molar-refractivity contribution < 1.29 is 14.3 Å². The predicted molar refractivity (Wildman–Crippen MR) is 109 cm³/mol. The number of piperidine rings is 1. The minimum Gasteiger partial charge on any atom is -0.450 e. The molecule has 0 bridgehead atoms. The number of ether oxygens (including phenoxy) is 1. The first-order valence-corrected chi connectivity index (χ1v) is 9.76. The fourth-order valence-electron chi connectivity index (χ4n) is 3.37. The van der Waals surface area contributed by atoms with E-state index in [9.17, 15) is 9.59 Å². The molecule has 2 aromatic rings. The quantitative estimate of drug-likeness (QED) is 0.777. The highest BCUT2D eigenvalue weighted by Gasteiger charge is 2.30. The van der Waals surface area contributed by atoms with Crippen molar-refractivity contribution in [3.8, 4) is 0 Å². The third kappa shape index (κ3) is 5.25. The maximum absolute atomic E-state index is 13.0. The topological polar surface area (TPSA) is 61.9 Å².